The molecule has 3 amide bonds. The maximum atomic E-state index is 12.8. The quantitative estimate of drug-likeness (QED) is 0.0290. The number of aromatic nitrogens is 6. The average molecular weight is 1540 g/mol. The number of carboxylic acids is 3. The Morgan fingerprint density at radius 1 is 0.455 bits per heavy atom. The lowest BCUT2D eigenvalue weighted by Crippen LogP contribution is -2.38. The second-order valence-electron chi connectivity index (χ2n) is 26.3. The number of hydrogen-bond donors (Lipinski definition) is 6. The number of hydrogen-bond acceptors (Lipinski definition) is 17. The van der Waals surface area contributed by atoms with Gasteiger partial charge in [0.25, 0.3) is 17.7 Å². The number of fused-ring (bicyclic) bond motifs is 3. The molecule has 0 radical (unpaired) electrons. The van der Waals surface area contributed by atoms with Gasteiger partial charge in [0.15, 0.2) is 0 Å². The predicted octanol–water partition coefficient (Wildman–Crippen LogP) is 15.0. The lowest BCUT2D eigenvalue weighted by Gasteiger charge is -2.29. The van der Waals surface area contributed by atoms with Crippen molar-refractivity contribution in [2.24, 2.45) is 0 Å². The second kappa shape index (κ2) is 37.2. The van der Waals surface area contributed by atoms with E-state index in [1.807, 2.05) is 236 Å². The number of rotatable bonds is 25. The molecule has 0 unspecified atom stereocenters. The molecule has 26 heteroatoms. The first kappa shape index (κ1) is 79.1. The van der Waals surface area contributed by atoms with Gasteiger partial charge in [0.05, 0.1) is 39.1 Å². The van der Waals surface area contributed by atoms with Crippen LogP contribution in [0.3, 0.4) is 0 Å². The van der Waals surface area contributed by atoms with Crippen molar-refractivity contribution in [3.8, 4) is 0 Å². The van der Waals surface area contributed by atoms with Crippen LogP contribution in [0.4, 0.5) is 34.5 Å². The van der Waals surface area contributed by atoms with Gasteiger partial charge >= 0.3 is 17.9 Å². The number of morpholine rings is 1. The summed E-state index contributed by atoms with van der Waals surface area (Å²) in [6.45, 7) is 7.23. The molecule has 3 aromatic heterocycles. The van der Waals surface area contributed by atoms with E-state index in [2.05, 4.69) is 45.9 Å². The summed E-state index contributed by atoms with van der Waals surface area (Å²) in [5, 5.41) is 43.4. The van der Waals surface area contributed by atoms with Gasteiger partial charge in [-0.3, -0.25) is 28.8 Å². The van der Waals surface area contributed by atoms with Crippen molar-refractivity contribution < 1.29 is 53.6 Å². The van der Waals surface area contributed by atoms with Crippen LogP contribution < -0.4 is 30.7 Å². The first-order valence-corrected chi connectivity index (χ1v) is 36.4. The minimum absolute atomic E-state index is 0.0989. The molecule has 4 heterocycles. The van der Waals surface area contributed by atoms with Crippen molar-refractivity contribution in [1.29, 1.82) is 0 Å². The van der Waals surface area contributed by atoms with E-state index in [0.717, 1.165) is 49.0 Å². The van der Waals surface area contributed by atoms with Crippen molar-refractivity contribution >= 4 is 137 Å². The molecule has 0 aliphatic carbocycles. The van der Waals surface area contributed by atoms with Crippen molar-refractivity contribution in [3.63, 3.8) is 0 Å². The smallest absolute Gasteiger partial charge is 0.308 e. The topological polar surface area (TPSA) is 305 Å². The van der Waals surface area contributed by atoms with E-state index >= 15 is 0 Å². The van der Waals surface area contributed by atoms with Crippen LogP contribution in [0.15, 0.2) is 200 Å². The van der Waals surface area contributed by atoms with Crippen molar-refractivity contribution in [1.82, 2.24) is 29.9 Å². The lowest BCUT2D eigenvalue weighted by molar-refractivity contribution is -0.137. The molecule has 562 valence electrons. The van der Waals surface area contributed by atoms with Crippen LogP contribution in [0, 0.1) is 0 Å². The minimum Gasteiger partial charge on any atom is -0.481 e. The van der Waals surface area contributed by atoms with Crippen molar-refractivity contribution in [2.75, 3.05) is 91.3 Å². The number of halogens is 3. The molecule has 1 aliphatic rings. The molecule has 1 aliphatic heterocycles. The van der Waals surface area contributed by atoms with E-state index in [1.165, 1.54) is 0 Å². The van der Waals surface area contributed by atoms with Crippen molar-refractivity contribution in [2.45, 2.75) is 58.4 Å². The third-order valence-electron chi connectivity index (χ3n) is 18.1. The molecule has 1 saturated heterocycles. The average Bonchev–Trinajstić information content (AvgIpc) is 0.830. The molecule has 6 N–H and O–H groups in total. The van der Waals surface area contributed by atoms with Gasteiger partial charge in [0.1, 0.15) is 50.4 Å². The fraction of sp³-hybridized carbons (Fsp3) is 0.214. The highest BCUT2D eigenvalue weighted by molar-refractivity contribution is 6.31. The van der Waals surface area contributed by atoms with Crippen LogP contribution in [0.25, 0.3) is 32.3 Å². The summed E-state index contributed by atoms with van der Waals surface area (Å²) in [5.74, 6) is -0.578. The SMILES string of the molecule is CC(C)N(C)c1nc(Cc2ccc(NC(=O)c3ccc4ccccc4c3)cc2)nc(Cl)c1CC(=O)O.COCCN(C)c1nc(Cc2ccc(NC(=O)c3ccc4ccccc4c3)cc2)nc(Cl)c1CC(=O)O.O=C(O)Cc1c(Cl)nc(Cc2ccc(NC(=O)c3ccc4ccccc4c3)cc2)nc1N1CCOCC1. The first-order chi connectivity index (χ1) is 53.0. The van der Waals surface area contributed by atoms with Gasteiger partial charge < -0.3 is 55.4 Å². The summed E-state index contributed by atoms with van der Waals surface area (Å²) in [4.78, 5) is 105. The number of amides is 3. The summed E-state index contributed by atoms with van der Waals surface area (Å²) < 4.78 is 10.6. The van der Waals surface area contributed by atoms with Crippen LogP contribution in [0.2, 0.25) is 15.5 Å². The summed E-state index contributed by atoms with van der Waals surface area (Å²) in [5.41, 5.74) is 7.71. The van der Waals surface area contributed by atoms with E-state index < -0.39 is 17.9 Å². The third kappa shape index (κ3) is 21.2. The lowest BCUT2D eigenvalue weighted by atomic mass is 10.1. The number of nitrogens with zero attached hydrogens (tertiary/aromatic N) is 9. The number of aliphatic carboxylic acids is 3. The van der Waals surface area contributed by atoms with E-state index in [9.17, 15) is 44.1 Å². The molecule has 0 bridgehead atoms. The van der Waals surface area contributed by atoms with E-state index in [0.29, 0.717) is 144 Å². The zero-order chi connectivity index (χ0) is 78.0. The van der Waals surface area contributed by atoms with Gasteiger partial charge in [-0.05, 0) is 136 Å². The highest BCUT2D eigenvalue weighted by Gasteiger charge is 2.25. The largest absolute Gasteiger partial charge is 0.481 e. The highest BCUT2D eigenvalue weighted by Crippen LogP contribution is 2.32. The molecular formula is C84H79Cl3N12O11. The standard InChI is InChI=1S/C28H25ClN4O4.C28H27ClN4O4.C28H27ClN4O3/c29-26-23(17-25(34)35)27(33-11-13-37-14-12-33)32-24(31-26)15-18-5-9-22(10-6-18)30-28(36)21-8-7-19-3-1-2-4-20(19)16-21;1-33(13-14-37-2)27-23(17-25(34)35)26(29)31-24(32-27)15-18-7-11-22(12-8-18)30-28(36)21-10-9-19-5-3-4-6-20(19)16-21;1-17(2)33(3)27-23(16-25(34)35)26(29)31-24(32-27)14-18-8-12-22(13-9-18)30-28(36)21-11-10-19-6-4-5-7-20(19)15-21/h1-10,16H,11-15,17H2,(H,30,36)(H,34,35);3-12,16H,13-15,17H2,1-2H3,(H,30,36)(H,34,35);4-13,15,17H,14,16H2,1-3H3,(H,30,36)(H,34,35). The van der Waals surface area contributed by atoms with Crippen LogP contribution in [0.5, 0.6) is 0 Å². The molecule has 1 fully saturated rings. The number of nitrogens with one attached hydrogen (secondary N) is 3. The van der Waals surface area contributed by atoms with Gasteiger partial charge in [-0.1, -0.05) is 162 Å². The van der Waals surface area contributed by atoms with Crippen LogP contribution >= 0.6 is 34.8 Å². The zero-order valence-corrected chi connectivity index (χ0v) is 63.1. The number of benzene rings is 9. The Labute approximate surface area is 649 Å². The normalized spacial score (nSPS) is 11.8. The number of carbonyl (C=O) groups is 6. The van der Waals surface area contributed by atoms with Gasteiger partial charge in [0, 0.05) is 117 Å². The molecule has 0 spiro atoms. The van der Waals surface area contributed by atoms with E-state index in [-0.39, 0.29) is 58.5 Å². The van der Waals surface area contributed by atoms with Crippen LogP contribution in [-0.4, -0.2) is 148 Å². The minimum atomic E-state index is -1.01. The Bertz CT molecular complexity index is 5340. The van der Waals surface area contributed by atoms with E-state index in [1.54, 1.807) is 14.2 Å². The first-order valence-electron chi connectivity index (χ1n) is 35.2. The Hall–Kier alpha value is -12.0. The Balaban J connectivity index is 0.000000164. The Kier molecular flexibility index (Phi) is 26.7. The molecule has 0 atom stereocenters. The Morgan fingerprint density at radius 3 is 1.15 bits per heavy atom. The summed E-state index contributed by atoms with van der Waals surface area (Å²) in [6, 6.07) is 63.0. The van der Waals surface area contributed by atoms with Crippen LogP contribution in [0.1, 0.15) is 95.8 Å². The molecule has 110 heavy (non-hydrogen) atoms. The van der Waals surface area contributed by atoms with Gasteiger partial charge in [-0.25, -0.2) is 29.9 Å². The highest BCUT2D eigenvalue weighted by atomic mass is 35.5. The molecule has 23 nitrogen and oxygen atoms in total. The number of carboxylic acid groups (broad SMARTS) is 3. The second-order valence-corrected chi connectivity index (χ2v) is 27.4. The summed E-state index contributed by atoms with van der Waals surface area (Å²) in [6.07, 6.45) is 0.414. The summed E-state index contributed by atoms with van der Waals surface area (Å²) in [7, 11) is 5.25. The Morgan fingerprint density at radius 2 is 0.791 bits per heavy atom. The van der Waals surface area contributed by atoms with Crippen LogP contribution in [-0.2, 0) is 62.4 Å². The molecule has 12 aromatic rings. The zero-order valence-electron chi connectivity index (χ0n) is 60.9. The number of carbonyl (C=O) groups excluding carboxylic acids is 3. The number of ether oxygens (including phenoxy) is 2. The molecule has 13 rings (SSSR count). The van der Waals surface area contributed by atoms with Gasteiger partial charge in [-0.2, -0.15) is 0 Å². The fourth-order valence-corrected chi connectivity index (χ4v) is 12.8. The molecular weight excluding hydrogens is 1460 g/mol. The van der Waals surface area contributed by atoms with Gasteiger partial charge in [0.2, 0.25) is 0 Å². The number of anilines is 6. The molecule has 0 saturated carbocycles. The maximum absolute atomic E-state index is 12.8. The molecule has 9 aromatic carbocycles. The predicted molar refractivity (Wildman–Crippen MR) is 430 cm³/mol. The van der Waals surface area contributed by atoms with Gasteiger partial charge in [-0.15, -0.1) is 0 Å². The maximum Gasteiger partial charge on any atom is 0.308 e. The van der Waals surface area contributed by atoms with Crippen molar-refractivity contribution in [3.05, 3.63) is 283 Å². The number of likely N-dealkylation sites (N-methyl/N-ethyl adjacent to an activating group) is 1. The monoisotopic (exact) mass is 1540 g/mol. The number of methoxy groups -OCH3 is 1. The fourth-order valence-electron chi connectivity index (χ4n) is 12.1. The summed E-state index contributed by atoms with van der Waals surface area (Å²) >= 11 is 19.2. The third-order valence-corrected chi connectivity index (χ3v) is 19.0. The van der Waals surface area contributed by atoms with E-state index in [4.69, 9.17) is 44.3 Å².